The summed E-state index contributed by atoms with van der Waals surface area (Å²) in [6.45, 7) is 6.17. The fourth-order valence-electron chi connectivity index (χ4n) is 5.78. The van der Waals surface area contributed by atoms with Crippen molar-refractivity contribution < 1.29 is 14.3 Å². The second kappa shape index (κ2) is 11.7. The molecule has 1 aliphatic heterocycles. The fraction of sp³-hybridized carbons (Fsp3) is 0.171. The van der Waals surface area contributed by atoms with Crippen LogP contribution in [0.15, 0.2) is 103 Å². The average molecular weight is 589 g/mol. The molecule has 7 nitrogen and oxygen atoms in total. The highest BCUT2D eigenvalue weighted by Crippen LogP contribution is 2.44. The van der Waals surface area contributed by atoms with Gasteiger partial charge in [0.1, 0.15) is 11.5 Å². The van der Waals surface area contributed by atoms with E-state index < -0.39 is 0 Å². The Hall–Kier alpha value is -4.95. The van der Waals surface area contributed by atoms with Crippen LogP contribution in [0.5, 0.6) is 11.5 Å². The molecule has 1 aliphatic rings. The summed E-state index contributed by atoms with van der Waals surface area (Å²) in [7, 11) is 1.40. The van der Waals surface area contributed by atoms with Gasteiger partial charge in [-0.05, 0) is 105 Å². The van der Waals surface area contributed by atoms with Crippen LogP contribution in [0.3, 0.4) is 0 Å². The fourth-order valence-corrected chi connectivity index (χ4v) is 6.12. The topological polar surface area (TPSA) is 68.6 Å². The first-order valence-electron chi connectivity index (χ1n) is 14.1. The lowest BCUT2D eigenvalue weighted by Gasteiger charge is -2.28. The summed E-state index contributed by atoms with van der Waals surface area (Å²) in [6, 6.07) is 31.1. The molecule has 0 unspecified atom stereocenters. The van der Waals surface area contributed by atoms with E-state index in [4.69, 9.17) is 26.7 Å². The molecule has 1 saturated heterocycles. The van der Waals surface area contributed by atoms with Crippen molar-refractivity contribution >= 4 is 29.0 Å². The molecule has 0 bridgehead atoms. The van der Waals surface area contributed by atoms with E-state index in [-0.39, 0.29) is 18.1 Å². The number of hydrogen-bond acceptors (Lipinski definition) is 5. The Balaban J connectivity index is 1.43. The highest BCUT2D eigenvalue weighted by Gasteiger charge is 2.42. The first-order chi connectivity index (χ1) is 20.9. The minimum Gasteiger partial charge on any atom is -0.465 e. The number of anilines is 1. The molecular weight excluding hydrogens is 556 g/mol. The third-order valence-corrected chi connectivity index (χ3v) is 8.12. The number of ether oxygens (including phenoxy) is 2. The van der Waals surface area contributed by atoms with Crippen LogP contribution in [-0.4, -0.2) is 27.7 Å². The maximum Gasteiger partial charge on any atom is 0.339 e. The third kappa shape index (κ3) is 5.37. The van der Waals surface area contributed by atoms with Crippen molar-refractivity contribution in [1.82, 2.24) is 14.9 Å². The maximum atomic E-state index is 12.7. The number of methoxy groups -OCH3 is 1. The van der Waals surface area contributed by atoms with Crippen molar-refractivity contribution in [1.29, 1.82) is 0 Å². The number of nitrogens with zero attached hydrogens (tertiary/aromatic N) is 3. The van der Waals surface area contributed by atoms with E-state index in [1.165, 1.54) is 12.7 Å². The Morgan fingerprint density at radius 3 is 2.23 bits per heavy atom. The SMILES string of the molecule is COC(=O)c1ccccc1-n1c(C)cc([C@@H]2[C@@H](c3ccccn3)NC(=S)N2c2ccc(Oc3ccc(C)cc3)cc2)c1C. The van der Waals surface area contributed by atoms with Crippen LogP contribution in [0, 0.1) is 20.8 Å². The number of nitrogens with one attached hydrogen (secondary N) is 1. The van der Waals surface area contributed by atoms with Gasteiger partial charge < -0.3 is 24.3 Å². The first-order valence-corrected chi connectivity index (χ1v) is 14.5. The predicted molar refractivity (Wildman–Crippen MR) is 172 cm³/mol. The van der Waals surface area contributed by atoms with E-state index in [1.807, 2.05) is 91.9 Å². The van der Waals surface area contributed by atoms with Gasteiger partial charge in [-0.3, -0.25) is 4.98 Å². The van der Waals surface area contributed by atoms with Crippen LogP contribution in [0.4, 0.5) is 5.69 Å². The van der Waals surface area contributed by atoms with Gasteiger partial charge in [-0.25, -0.2) is 4.79 Å². The summed E-state index contributed by atoms with van der Waals surface area (Å²) in [5.41, 5.74) is 7.31. The minimum atomic E-state index is -0.380. The highest BCUT2D eigenvalue weighted by atomic mass is 32.1. The zero-order chi connectivity index (χ0) is 30.1. The number of para-hydroxylation sites is 1. The lowest BCUT2D eigenvalue weighted by Crippen LogP contribution is -2.29. The molecular formula is C35H32N4O3S. The Labute approximate surface area is 256 Å². The van der Waals surface area contributed by atoms with Crippen molar-refractivity contribution in [2.24, 2.45) is 0 Å². The number of esters is 1. The number of aromatic nitrogens is 2. The number of pyridine rings is 1. The number of benzene rings is 3. The van der Waals surface area contributed by atoms with Gasteiger partial charge in [0.05, 0.1) is 36.1 Å². The van der Waals surface area contributed by atoms with E-state index in [0.29, 0.717) is 10.7 Å². The smallest absolute Gasteiger partial charge is 0.339 e. The van der Waals surface area contributed by atoms with E-state index in [2.05, 4.69) is 34.7 Å². The van der Waals surface area contributed by atoms with Crippen molar-refractivity contribution in [3.63, 3.8) is 0 Å². The van der Waals surface area contributed by atoms with Gasteiger partial charge in [-0.15, -0.1) is 0 Å². The van der Waals surface area contributed by atoms with Crippen LogP contribution in [0.2, 0.25) is 0 Å². The Kier molecular flexibility index (Phi) is 7.69. The predicted octanol–water partition coefficient (Wildman–Crippen LogP) is 7.55. The van der Waals surface area contributed by atoms with Crippen LogP contribution in [0.25, 0.3) is 5.69 Å². The molecule has 43 heavy (non-hydrogen) atoms. The lowest BCUT2D eigenvalue weighted by molar-refractivity contribution is 0.0600. The van der Waals surface area contributed by atoms with Crippen LogP contribution < -0.4 is 15.0 Å². The second-order valence-electron chi connectivity index (χ2n) is 10.6. The van der Waals surface area contributed by atoms with Crippen molar-refractivity contribution in [2.45, 2.75) is 32.9 Å². The molecule has 1 N–H and O–H groups in total. The van der Waals surface area contributed by atoms with E-state index in [9.17, 15) is 4.79 Å². The zero-order valence-corrected chi connectivity index (χ0v) is 25.3. The normalized spacial score (nSPS) is 16.2. The molecule has 3 aromatic carbocycles. The molecule has 0 saturated carbocycles. The Bertz CT molecular complexity index is 1780. The largest absolute Gasteiger partial charge is 0.465 e. The lowest BCUT2D eigenvalue weighted by atomic mass is 9.96. The maximum absolute atomic E-state index is 12.7. The molecule has 0 spiro atoms. The van der Waals surface area contributed by atoms with Crippen molar-refractivity contribution in [3.8, 4) is 17.2 Å². The Morgan fingerprint density at radius 1 is 0.884 bits per heavy atom. The van der Waals surface area contributed by atoms with Gasteiger partial charge in [0.25, 0.3) is 0 Å². The summed E-state index contributed by atoms with van der Waals surface area (Å²) in [4.78, 5) is 19.5. The summed E-state index contributed by atoms with van der Waals surface area (Å²) in [5, 5.41) is 4.15. The van der Waals surface area contributed by atoms with Crippen LogP contribution in [-0.2, 0) is 4.74 Å². The monoisotopic (exact) mass is 588 g/mol. The van der Waals surface area contributed by atoms with E-state index in [0.717, 1.165) is 45.5 Å². The molecule has 216 valence electrons. The number of rotatable bonds is 7. The van der Waals surface area contributed by atoms with Crippen LogP contribution >= 0.6 is 12.2 Å². The molecule has 2 atom stereocenters. The molecule has 0 amide bonds. The van der Waals surface area contributed by atoms with Crippen molar-refractivity contribution in [2.75, 3.05) is 12.0 Å². The average Bonchev–Trinajstić information content (AvgIpc) is 3.53. The number of thiocarbonyl (C=S) groups is 1. The molecule has 3 heterocycles. The summed E-state index contributed by atoms with van der Waals surface area (Å²) in [5.74, 6) is 1.14. The first kappa shape index (κ1) is 28.2. The second-order valence-corrected chi connectivity index (χ2v) is 11.0. The number of carbonyl (C=O) groups is 1. The van der Waals surface area contributed by atoms with Gasteiger partial charge in [0.2, 0.25) is 0 Å². The van der Waals surface area contributed by atoms with Crippen molar-refractivity contribution in [3.05, 3.63) is 137 Å². The molecule has 0 aliphatic carbocycles. The van der Waals surface area contributed by atoms with Gasteiger partial charge in [-0.2, -0.15) is 0 Å². The van der Waals surface area contributed by atoms with Gasteiger partial charge in [0, 0.05) is 23.3 Å². The highest BCUT2D eigenvalue weighted by molar-refractivity contribution is 7.80. The van der Waals surface area contributed by atoms with Crippen LogP contribution in [0.1, 0.15) is 50.7 Å². The standard InChI is InChI=1S/C35H32N4O3S/c1-22-12-16-26(17-13-22)42-27-18-14-25(15-19-27)39-33(32(37-35(39)43)30-10-7-8-20-36-30)29-21-23(2)38(24(29)3)31-11-6-5-9-28(31)34(40)41-4/h5-21,32-33H,1-4H3,(H,37,43)/t32-,33-/m1/s1. The summed E-state index contributed by atoms with van der Waals surface area (Å²) >= 11 is 5.96. The van der Waals surface area contributed by atoms with E-state index in [1.54, 1.807) is 12.3 Å². The summed E-state index contributed by atoms with van der Waals surface area (Å²) in [6.07, 6.45) is 1.80. The third-order valence-electron chi connectivity index (χ3n) is 7.81. The molecule has 6 rings (SSSR count). The molecule has 2 aromatic heterocycles. The molecule has 8 heteroatoms. The van der Waals surface area contributed by atoms with Gasteiger partial charge in [0.15, 0.2) is 5.11 Å². The molecule has 5 aromatic rings. The Morgan fingerprint density at radius 2 is 1.56 bits per heavy atom. The van der Waals surface area contributed by atoms with E-state index >= 15 is 0 Å². The number of aryl methyl sites for hydroxylation is 2. The molecule has 0 radical (unpaired) electrons. The minimum absolute atomic E-state index is 0.206. The summed E-state index contributed by atoms with van der Waals surface area (Å²) < 4.78 is 13.3. The molecule has 1 fully saturated rings. The number of carbonyl (C=O) groups excluding carboxylic acids is 1. The van der Waals surface area contributed by atoms with Gasteiger partial charge >= 0.3 is 5.97 Å². The zero-order valence-electron chi connectivity index (χ0n) is 24.4. The quantitative estimate of drug-likeness (QED) is 0.155. The van der Waals surface area contributed by atoms with Gasteiger partial charge in [-0.1, -0.05) is 35.9 Å². The number of hydrogen-bond donors (Lipinski definition) is 1.